The molecule has 0 aliphatic carbocycles. The summed E-state index contributed by atoms with van der Waals surface area (Å²) in [5, 5.41) is 18.9. The molecule has 2 aromatic heterocycles. The van der Waals surface area contributed by atoms with Crippen molar-refractivity contribution in [3.05, 3.63) is 46.7 Å². The number of ether oxygens (including phenoxy) is 1. The van der Waals surface area contributed by atoms with E-state index in [4.69, 9.17) is 4.74 Å². The van der Waals surface area contributed by atoms with E-state index in [1.54, 1.807) is 42.7 Å². The van der Waals surface area contributed by atoms with Gasteiger partial charge in [0.25, 0.3) is 0 Å². The van der Waals surface area contributed by atoms with Gasteiger partial charge >= 0.3 is 6.03 Å². The number of imide groups is 1. The molecule has 9 nitrogen and oxygen atoms in total. The van der Waals surface area contributed by atoms with Crippen LogP contribution >= 0.6 is 23.1 Å². The van der Waals surface area contributed by atoms with Crippen LogP contribution in [0.25, 0.3) is 5.69 Å². The number of benzene rings is 1. The Morgan fingerprint density at radius 2 is 2.07 bits per heavy atom. The number of amides is 3. The molecular weight excluding hydrogens is 400 g/mol. The van der Waals surface area contributed by atoms with Crippen LogP contribution in [0.15, 0.2) is 46.9 Å². The largest absolute Gasteiger partial charge is 0.497 e. The van der Waals surface area contributed by atoms with Gasteiger partial charge < -0.3 is 10.1 Å². The summed E-state index contributed by atoms with van der Waals surface area (Å²) in [6, 6.07) is 10.6. The number of aromatic nitrogens is 4. The molecule has 0 unspecified atom stereocenters. The first-order chi connectivity index (χ1) is 13.7. The average molecular weight is 419 g/mol. The number of hydrogen-bond donors (Lipinski definition) is 2. The van der Waals surface area contributed by atoms with Crippen molar-refractivity contribution in [1.29, 1.82) is 0 Å². The lowest BCUT2D eigenvalue weighted by molar-refractivity contribution is -0.117. The Kier molecular flexibility index (Phi) is 6.98. The second-order valence-electron chi connectivity index (χ2n) is 5.49. The van der Waals surface area contributed by atoms with Crippen molar-refractivity contribution < 1.29 is 14.3 Å². The van der Waals surface area contributed by atoms with Crippen molar-refractivity contribution in [2.24, 2.45) is 0 Å². The molecule has 28 heavy (non-hydrogen) atoms. The summed E-state index contributed by atoms with van der Waals surface area (Å²) in [7, 11) is 1.59. The zero-order valence-electron chi connectivity index (χ0n) is 15.0. The van der Waals surface area contributed by atoms with Gasteiger partial charge in [0.2, 0.25) is 11.1 Å². The average Bonchev–Trinajstić information content (AvgIpc) is 3.38. The number of carbonyl (C=O) groups is 2. The zero-order chi connectivity index (χ0) is 19.8. The monoisotopic (exact) mass is 418 g/mol. The molecule has 0 atom stereocenters. The number of tetrazole rings is 1. The third-order valence-corrected chi connectivity index (χ3v) is 5.44. The van der Waals surface area contributed by atoms with E-state index in [9.17, 15) is 9.59 Å². The van der Waals surface area contributed by atoms with Gasteiger partial charge in [-0.3, -0.25) is 10.1 Å². The van der Waals surface area contributed by atoms with Gasteiger partial charge in [-0.2, -0.15) is 4.68 Å². The molecule has 2 N–H and O–H groups in total. The molecule has 0 saturated carbocycles. The third kappa shape index (κ3) is 5.54. The molecule has 0 spiro atoms. The first-order valence-corrected chi connectivity index (χ1v) is 10.2. The highest BCUT2D eigenvalue weighted by atomic mass is 32.2. The van der Waals surface area contributed by atoms with Gasteiger partial charge in [0.15, 0.2) is 0 Å². The number of nitrogens with zero attached hydrogens (tertiary/aromatic N) is 4. The summed E-state index contributed by atoms with van der Waals surface area (Å²) in [6.07, 6.45) is 0.727. The van der Waals surface area contributed by atoms with Crippen molar-refractivity contribution in [3.8, 4) is 11.4 Å². The molecular formula is C17H18N6O3S2. The van der Waals surface area contributed by atoms with E-state index in [1.165, 1.54) is 9.56 Å². The van der Waals surface area contributed by atoms with Crippen molar-refractivity contribution in [2.45, 2.75) is 11.6 Å². The minimum absolute atomic E-state index is 0.00880. The molecule has 11 heteroatoms. The van der Waals surface area contributed by atoms with E-state index in [-0.39, 0.29) is 5.75 Å². The number of nitrogens with one attached hydrogen (secondary N) is 2. The Labute approximate surface area is 169 Å². The minimum atomic E-state index is -0.517. The van der Waals surface area contributed by atoms with Crippen LogP contribution < -0.4 is 15.4 Å². The topological polar surface area (TPSA) is 111 Å². The van der Waals surface area contributed by atoms with Gasteiger partial charge in [-0.15, -0.1) is 16.4 Å². The summed E-state index contributed by atoms with van der Waals surface area (Å²) in [5.74, 6) is 0.299. The maximum atomic E-state index is 12.0. The second-order valence-corrected chi connectivity index (χ2v) is 7.47. The molecule has 2 heterocycles. The Morgan fingerprint density at radius 3 is 2.79 bits per heavy atom. The van der Waals surface area contributed by atoms with Gasteiger partial charge in [0.05, 0.1) is 18.6 Å². The smallest absolute Gasteiger partial charge is 0.321 e. The minimum Gasteiger partial charge on any atom is -0.497 e. The Hall–Kier alpha value is -2.92. The lowest BCUT2D eigenvalue weighted by Crippen LogP contribution is -2.41. The van der Waals surface area contributed by atoms with Crippen molar-refractivity contribution in [3.63, 3.8) is 0 Å². The fraction of sp³-hybridized carbons (Fsp3) is 0.235. The molecule has 146 valence electrons. The number of methoxy groups -OCH3 is 1. The first kappa shape index (κ1) is 19.8. The molecule has 3 aromatic rings. The summed E-state index contributed by atoms with van der Waals surface area (Å²) in [6.45, 7) is 0.461. The van der Waals surface area contributed by atoms with Crippen molar-refractivity contribution in [1.82, 2.24) is 30.8 Å². The lowest BCUT2D eigenvalue weighted by Gasteiger charge is -2.07. The lowest BCUT2D eigenvalue weighted by atomic mass is 10.3. The van der Waals surface area contributed by atoms with Crippen LogP contribution in [-0.2, 0) is 11.2 Å². The fourth-order valence-corrected chi connectivity index (χ4v) is 3.65. The molecule has 0 bridgehead atoms. The van der Waals surface area contributed by atoms with Crippen LogP contribution in [0.5, 0.6) is 5.75 Å². The molecule has 3 amide bonds. The first-order valence-electron chi connectivity index (χ1n) is 8.31. The summed E-state index contributed by atoms with van der Waals surface area (Å²) in [5.41, 5.74) is 0.736. The number of thioether (sulfide) groups is 1. The molecule has 0 saturated heterocycles. The standard InChI is InChI=1S/C17H18N6O3S2/c1-26-13-6-4-12(5-7-13)23-17(20-21-22-23)28-11-15(24)19-16(25)18-9-8-14-3-2-10-27-14/h2-7,10H,8-9,11H2,1H3,(H2,18,19,24,25). The number of rotatable bonds is 8. The fourth-order valence-electron chi connectivity index (χ4n) is 2.25. The van der Waals surface area contributed by atoms with Gasteiger partial charge in [0, 0.05) is 11.4 Å². The summed E-state index contributed by atoms with van der Waals surface area (Å²) >= 11 is 2.76. The van der Waals surface area contributed by atoms with Crippen LogP contribution in [-0.4, -0.2) is 51.6 Å². The van der Waals surface area contributed by atoms with Crippen molar-refractivity contribution in [2.75, 3.05) is 19.4 Å². The molecule has 0 fully saturated rings. The highest BCUT2D eigenvalue weighted by Gasteiger charge is 2.13. The van der Waals surface area contributed by atoms with Crippen LogP contribution in [0.1, 0.15) is 4.88 Å². The Balaban J connectivity index is 1.45. The normalized spacial score (nSPS) is 10.5. The molecule has 1 aromatic carbocycles. The summed E-state index contributed by atoms with van der Waals surface area (Å²) < 4.78 is 6.64. The predicted octanol–water partition coefficient (Wildman–Crippen LogP) is 1.89. The van der Waals surface area contributed by atoms with E-state index in [0.29, 0.717) is 11.7 Å². The van der Waals surface area contributed by atoms with Crippen LogP contribution in [0.2, 0.25) is 0 Å². The number of thiophene rings is 1. The third-order valence-electron chi connectivity index (χ3n) is 3.58. The SMILES string of the molecule is COc1ccc(-n2nnnc2SCC(=O)NC(=O)NCCc2cccs2)cc1. The van der Waals surface area contributed by atoms with E-state index in [0.717, 1.165) is 29.6 Å². The van der Waals surface area contributed by atoms with E-state index in [1.807, 2.05) is 17.5 Å². The Bertz CT molecular complexity index is 911. The van der Waals surface area contributed by atoms with Crippen LogP contribution in [0.4, 0.5) is 4.79 Å². The molecule has 0 aliphatic heterocycles. The zero-order valence-corrected chi connectivity index (χ0v) is 16.6. The van der Waals surface area contributed by atoms with Gasteiger partial charge in [-0.05, 0) is 52.6 Å². The maximum absolute atomic E-state index is 12.0. The molecule has 0 aliphatic rings. The van der Waals surface area contributed by atoms with E-state index < -0.39 is 11.9 Å². The summed E-state index contributed by atoms with van der Waals surface area (Å²) in [4.78, 5) is 24.9. The number of carbonyl (C=O) groups excluding carboxylic acids is 2. The maximum Gasteiger partial charge on any atom is 0.321 e. The van der Waals surface area contributed by atoms with Crippen LogP contribution in [0, 0.1) is 0 Å². The molecule has 0 radical (unpaired) electrons. The number of hydrogen-bond acceptors (Lipinski definition) is 8. The van der Waals surface area contributed by atoms with Crippen molar-refractivity contribution >= 4 is 35.0 Å². The highest BCUT2D eigenvalue weighted by Crippen LogP contribution is 2.20. The van der Waals surface area contributed by atoms with E-state index in [2.05, 4.69) is 26.2 Å². The quantitative estimate of drug-likeness (QED) is 0.538. The van der Waals surface area contributed by atoms with Gasteiger partial charge in [-0.25, -0.2) is 4.79 Å². The molecule has 3 rings (SSSR count). The van der Waals surface area contributed by atoms with Gasteiger partial charge in [-0.1, -0.05) is 17.8 Å². The number of urea groups is 1. The predicted molar refractivity (Wildman–Crippen MR) is 106 cm³/mol. The van der Waals surface area contributed by atoms with E-state index >= 15 is 0 Å². The Morgan fingerprint density at radius 1 is 1.25 bits per heavy atom. The highest BCUT2D eigenvalue weighted by molar-refractivity contribution is 7.99. The van der Waals surface area contributed by atoms with Crippen LogP contribution in [0.3, 0.4) is 0 Å². The second kappa shape index (κ2) is 9.85. The van der Waals surface area contributed by atoms with Gasteiger partial charge in [0.1, 0.15) is 5.75 Å².